The lowest BCUT2D eigenvalue weighted by Gasteiger charge is -2.27. The predicted octanol–water partition coefficient (Wildman–Crippen LogP) is 2.63. The predicted molar refractivity (Wildman–Crippen MR) is 74.3 cm³/mol. The summed E-state index contributed by atoms with van der Waals surface area (Å²) >= 11 is 0. The third kappa shape index (κ3) is 3.81. The van der Waals surface area contributed by atoms with E-state index in [0.717, 1.165) is 11.1 Å². The van der Waals surface area contributed by atoms with Crippen molar-refractivity contribution in [2.45, 2.75) is 40.2 Å². The normalized spacial score (nSPS) is 10.6. The second-order valence-corrected chi connectivity index (χ2v) is 4.98. The van der Waals surface area contributed by atoms with Gasteiger partial charge in [-0.3, -0.25) is 9.59 Å². The van der Waals surface area contributed by atoms with E-state index in [-0.39, 0.29) is 24.9 Å². The Balaban J connectivity index is 2.99. The van der Waals surface area contributed by atoms with E-state index in [0.29, 0.717) is 5.56 Å². The van der Waals surface area contributed by atoms with Crippen molar-refractivity contribution in [1.82, 2.24) is 4.90 Å². The Morgan fingerprint density at radius 1 is 1.26 bits per heavy atom. The van der Waals surface area contributed by atoms with Crippen LogP contribution in [-0.4, -0.2) is 34.5 Å². The first-order valence-corrected chi connectivity index (χ1v) is 6.43. The SMILES string of the molecule is Cc1cccc(C(=O)N(CCC(=O)O)C(C)C)c1C. The molecule has 0 aliphatic rings. The second kappa shape index (κ2) is 6.36. The summed E-state index contributed by atoms with van der Waals surface area (Å²) in [6.07, 6.45) is -0.0330. The van der Waals surface area contributed by atoms with Crippen molar-refractivity contribution >= 4 is 11.9 Å². The molecule has 1 aromatic rings. The summed E-state index contributed by atoms with van der Waals surface area (Å²) in [5, 5.41) is 8.76. The maximum atomic E-state index is 12.5. The molecule has 1 N–H and O–H groups in total. The highest BCUT2D eigenvalue weighted by molar-refractivity contribution is 5.96. The van der Waals surface area contributed by atoms with Crippen molar-refractivity contribution in [2.24, 2.45) is 0 Å². The Bertz CT molecular complexity index is 480. The van der Waals surface area contributed by atoms with Gasteiger partial charge in [0.2, 0.25) is 0 Å². The highest BCUT2D eigenvalue weighted by Crippen LogP contribution is 2.16. The number of benzene rings is 1. The van der Waals surface area contributed by atoms with Gasteiger partial charge in [-0.1, -0.05) is 12.1 Å². The van der Waals surface area contributed by atoms with Crippen LogP contribution in [0.2, 0.25) is 0 Å². The Morgan fingerprint density at radius 3 is 2.42 bits per heavy atom. The molecule has 0 aromatic heterocycles. The summed E-state index contributed by atoms with van der Waals surface area (Å²) in [6.45, 7) is 7.90. The van der Waals surface area contributed by atoms with Crippen LogP contribution in [0.5, 0.6) is 0 Å². The molecule has 1 amide bonds. The Morgan fingerprint density at radius 2 is 1.89 bits per heavy atom. The molecule has 0 aliphatic carbocycles. The van der Waals surface area contributed by atoms with E-state index in [1.165, 1.54) is 0 Å². The summed E-state index contributed by atoms with van der Waals surface area (Å²) in [6, 6.07) is 5.58. The van der Waals surface area contributed by atoms with Crippen LogP contribution in [0.1, 0.15) is 41.8 Å². The van der Waals surface area contributed by atoms with Crippen LogP contribution in [0.3, 0.4) is 0 Å². The van der Waals surface area contributed by atoms with Gasteiger partial charge in [-0.05, 0) is 44.9 Å². The third-order valence-corrected chi connectivity index (χ3v) is 3.29. The number of amides is 1. The molecular weight excluding hydrogens is 242 g/mol. The molecule has 0 aliphatic heterocycles. The van der Waals surface area contributed by atoms with Crippen molar-refractivity contribution in [1.29, 1.82) is 0 Å². The highest BCUT2D eigenvalue weighted by Gasteiger charge is 2.21. The quantitative estimate of drug-likeness (QED) is 0.888. The minimum Gasteiger partial charge on any atom is -0.481 e. The molecule has 1 rings (SSSR count). The van der Waals surface area contributed by atoms with E-state index in [1.54, 1.807) is 11.0 Å². The molecule has 0 spiro atoms. The monoisotopic (exact) mass is 263 g/mol. The number of carboxylic acids is 1. The summed E-state index contributed by atoms with van der Waals surface area (Å²) in [7, 11) is 0. The lowest BCUT2D eigenvalue weighted by Crippen LogP contribution is -2.38. The van der Waals surface area contributed by atoms with Crippen molar-refractivity contribution in [3.63, 3.8) is 0 Å². The van der Waals surface area contributed by atoms with Crippen LogP contribution in [0, 0.1) is 13.8 Å². The topological polar surface area (TPSA) is 57.6 Å². The zero-order valence-electron chi connectivity index (χ0n) is 11.9. The van der Waals surface area contributed by atoms with Gasteiger partial charge in [0.15, 0.2) is 0 Å². The Labute approximate surface area is 114 Å². The van der Waals surface area contributed by atoms with E-state index in [2.05, 4.69) is 0 Å². The molecule has 0 unspecified atom stereocenters. The second-order valence-electron chi connectivity index (χ2n) is 4.98. The van der Waals surface area contributed by atoms with Gasteiger partial charge in [-0.25, -0.2) is 0 Å². The van der Waals surface area contributed by atoms with Crippen LogP contribution in [0.25, 0.3) is 0 Å². The molecule has 0 heterocycles. The number of hydrogen-bond donors (Lipinski definition) is 1. The first kappa shape index (κ1) is 15.2. The van der Waals surface area contributed by atoms with Crippen molar-refractivity contribution in [3.8, 4) is 0 Å². The van der Waals surface area contributed by atoms with Gasteiger partial charge in [-0.2, -0.15) is 0 Å². The van der Waals surface area contributed by atoms with E-state index in [9.17, 15) is 9.59 Å². The molecule has 104 valence electrons. The van der Waals surface area contributed by atoms with Gasteiger partial charge in [0.05, 0.1) is 6.42 Å². The van der Waals surface area contributed by atoms with Gasteiger partial charge in [-0.15, -0.1) is 0 Å². The molecule has 0 saturated heterocycles. The van der Waals surface area contributed by atoms with Gasteiger partial charge in [0.25, 0.3) is 5.91 Å². The fraction of sp³-hybridized carbons (Fsp3) is 0.467. The molecule has 0 radical (unpaired) electrons. The molecule has 4 heteroatoms. The standard InChI is InChI=1S/C15H21NO3/c1-10(2)16(9-8-14(17)18)15(19)13-7-5-6-11(3)12(13)4/h5-7,10H,8-9H2,1-4H3,(H,17,18). The van der Waals surface area contributed by atoms with Crippen LogP contribution < -0.4 is 0 Å². The molecule has 0 atom stereocenters. The van der Waals surface area contributed by atoms with Crippen molar-refractivity contribution < 1.29 is 14.7 Å². The summed E-state index contributed by atoms with van der Waals surface area (Å²) in [5.74, 6) is -0.989. The van der Waals surface area contributed by atoms with E-state index in [1.807, 2.05) is 39.8 Å². The molecule has 0 fully saturated rings. The fourth-order valence-corrected chi connectivity index (χ4v) is 1.95. The summed E-state index contributed by atoms with van der Waals surface area (Å²) in [4.78, 5) is 24.8. The van der Waals surface area contributed by atoms with E-state index < -0.39 is 5.97 Å². The summed E-state index contributed by atoms with van der Waals surface area (Å²) < 4.78 is 0. The highest BCUT2D eigenvalue weighted by atomic mass is 16.4. The van der Waals surface area contributed by atoms with E-state index >= 15 is 0 Å². The first-order valence-electron chi connectivity index (χ1n) is 6.43. The van der Waals surface area contributed by atoms with Crippen LogP contribution in [-0.2, 0) is 4.79 Å². The number of carboxylic acid groups (broad SMARTS) is 1. The molecule has 1 aromatic carbocycles. The van der Waals surface area contributed by atoms with Crippen LogP contribution in [0.4, 0.5) is 0 Å². The van der Waals surface area contributed by atoms with Gasteiger partial charge < -0.3 is 10.0 Å². The zero-order valence-corrected chi connectivity index (χ0v) is 11.9. The van der Waals surface area contributed by atoms with Gasteiger partial charge in [0.1, 0.15) is 0 Å². The fourth-order valence-electron chi connectivity index (χ4n) is 1.95. The van der Waals surface area contributed by atoms with Crippen molar-refractivity contribution in [2.75, 3.05) is 6.54 Å². The van der Waals surface area contributed by atoms with Crippen LogP contribution >= 0.6 is 0 Å². The third-order valence-electron chi connectivity index (χ3n) is 3.29. The molecule has 0 bridgehead atoms. The number of carbonyl (C=O) groups excluding carboxylic acids is 1. The average Bonchev–Trinajstić information content (AvgIpc) is 2.31. The maximum Gasteiger partial charge on any atom is 0.305 e. The number of nitrogens with zero attached hydrogens (tertiary/aromatic N) is 1. The maximum absolute atomic E-state index is 12.5. The van der Waals surface area contributed by atoms with Crippen LogP contribution in [0.15, 0.2) is 18.2 Å². The minimum absolute atomic E-state index is 0.0215. The average molecular weight is 263 g/mol. The van der Waals surface area contributed by atoms with E-state index in [4.69, 9.17) is 5.11 Å². The number of hydrogen-bond acceptors (Lipinski definition) is 2. The van der Waals surface area contributed by atoms with Gasteiger partial charge >= 0.3 is 5.97 Å². The smallest absolute Gasteiger partial charge is 0.305 e. The zero-order chi connectivity index (χ0) is 14.6. The number of rotatable bonds is 5. The number of carbonyl (C=O) groups is 2. The molecular formula is C15H21NO3. The van der Waals surface area contributed by atoms with Crippen molar-refractivity contribution in [3.05, 3.63) is 34.9 Å². The number of aryl methyl sites for hydroxylation is 1. The lowest BCUT2D eigenvalue weighted by molar-refractivity contribution is -0.137. The summed E-state index contributed by atoms with van der Waals surface area (Å²) in [5.41, 5.74) is 2.67. The Kier molecular flexibility index (Phi) is 5.10. The molecule has 0 saturated carbocycles. The minimum atomic E-state index is -0.889. The first-order chi connectivity index (χ1) is 8.84. The largest absolute Gasteiger partial charge is 0.481 e. The lowest BCUT2D eigenvalue weighted by atomic mass is 10.0. The van der Waals surface area contributed by atoms with Gasteiger partial charge in [0, 0.05) is 18.2 Å². The number of aliphatic carboxylic acids is 1. The molecule has 4 nitrogen and oxygen atoms in total. The Hall–Kier alpha value is -1.84. The molecule has 19 heavy (non-hydrogen) atoms.